The Morgan fingerprint density at radius 2 is 1.44 bits per heavy atom. The predicted molar refractivity (Wildman–Crippen MR) is 67.1 cm³/mol. The fraction of sp³-hybridized carbons (Fsp3) is 0.133. The van der Waals surface area contributed by atoms with Gasteiger partial charge in [0.15, 0.2) is 0 Å². The summed E-state index contributed by atoms with van der Waals surface area (Å²) in [6.07, 6.45) is 0.948. The second kappa shape index (κ2) is 4.84. The van der Waals surface area contributed by atoms with E-state index >= 15 is 0 Å². The minimum atomic E-state index is 0.911. The Kier molecular flexibility index (Phi) is 3.25. The Bertz CT molecular complexity index is 446. The lowest BCUT2D eigenvalue weighted by molar-refractivity contribution is 0.346. The first kappa shape index (κ1) is 10.7. The molecule has 0 atom stereocenters. The van der Waals surface area contributed by atoms with Crippen LogP contribution >= 0.6 is 0 Å². The van der Waals surface area contributed by atoms with Crippen LogP contribution in [0.15, 0.2) is 54.6 Å². The van der Waals surface area contributed by atoms with Crippen molar-refractivity contribution in [1.82, 2.24) is 0 Å². The third-order valence-electron chi connectivity index (χ3n) is 2.29. The number of rotatable bonds is 3. The van der Waals surface area contributed by atoms with E-state index in [1.54, 1.807) is 0 Å². The van der Waals surface area contributed by atoms with Crippen LogP contribution in [0.3, 0.4) is 0 Å². The minimum Gasteiger partial charge on any atom is -0.483 e. The molecule has 2 aromatic carbocycles. The lowest BCUT2D eigenvalue weighted by Crippen LogP contribution is -1.97. The van der Waals surface area contributed by atoms with E-state index < -0.39 is 0 Å². The molecule has 0 aromatic heterocycles. The van der Waals surface area contributed by atoms with E-state index in [0.717, 1.165) is 17.4 Å². The molecule has 0 aliphatic heterocycles. The van der Waals surface area contributed by atoms with Crippen LogP contribution in [0.1, 0.15) is 13.8 Å². The van der Waals surface area contributed by atoms with Gasteiger partial charge in [0, 0.05) is 5.56 Å². The quantitative estimate of drug-likeness (QED) is 0.735. The number of benzene rings is 2. The summed E-state index contributed by atoms with van der Waals surface area (Å²) in [4.78, 5) is 0. The molecule has 0 fully saturated rings. The van der Waals surface area contributed by atoms with Gasteiger partial charge in [-0.15, -0.1) is 0 Å². The van der Waals surface area contributed by atoms with Crippen LogP contribution in [0.2, 0.25) is 0 Å². The van der Waals surface area contributed by atoms with Crippen LogP contribution in [-0.4, -0.2) is 0 Å². The SMILES string of the molecule is C[C](C)Oc1ccccc1-c1ccccc1. The van der Waals surface area contributed by atoms with Crippen molar-refractivity contribution < 1.29 is 4.74 Å². The zero-order chi connectivity index (χ0) is 11.4. The zero-order valence-electron chi connectivity index (χ0n) is 9.60. The summed E-state index contributed by atoms with van der Waals surface area (Å²) in [6.45, 7) is 3.92. The van der Waals surface area contributed by atoms with Gasteiger partial charge in [-0.1, -0.05) is 48.5 Å². The molecular formula is C15H15O. The zero-order valence-corrected chi connectivity index (χ0v) is 9.60. The van der Waals surface area contributed by atoms with Crippen molar-refractivity contribution in [2.75, 3.05) is 0 Å². The molecule has 0 unspecified atom stereocenters. The van der Waals surface area contributed by atoms with Gasteiger partial charge in [0.1, 0.15) is 11.9 Å². The normalized spacial score (nSPS) is 10.4. The van der Waals surface area contributed by atoms with E-state index in [0.29, 0.717) is 0 Å². The van der Waals surface area contributed by atoms with Gasteiger partial charge in [0.2, 0.25) is 0 Å². The number of para-hydroxylation sites is 1. The van der Waals surface area contributed by atoms with Gasteiger partial charge in [-0.3, -0.25) is 0 Å². The summed E-state index contributed by atoms with van der Waals surface area (Å²) in [5.41, 5.74) is 2.31. The second-order valence-corrected chi connectivity index (χ2v) is 3.87. The first-order valence-electron chi connectivity index (χ1n) is 5.40. The van der Waals surface area contributed by atoms with E-state index in [-0.39, 0.29) is 0 Å². The van der Waals surface area contributed by atoms with Gasteiger partial charge in [-0.2, -0.15) is 0 Å². The van der Waals surface area contributed by atoms with E-state index in [9.17, 15) is 0 Å². The Morgan fingerprint density at radius 3 is 2.12 bits per heavy atom. The maximum Gasteiger partial charge on any atom is 0.142 e. The molecule has 0 aliphatic carbocycles. The van der Waals surface area contributed by atoms with Gasteiger partial charge in [-0.05, 0) is 25.5 Å². The fourth-order valence-electron chi connectivity index (χ4n) is 1.63. The van der Waals surface area contributed by atoms with Gasteiger partial charge in [-0.25, -0.2) is 0 Å². The highest BCUT2D eigenvalue weighted by Crippen LogP contribution is 2.30. The summed E-state index contributed by atoms with van der Waals surface area (Å²) in [7, 11) is 0. The molecule has 0 saturated heterocycles. The lowest BCUT2D eigenvalue weighted by atomic mass is 10.0. The summed E-state index contributed by atoms with van der Waals surface area (Å²) in [5, 5.41) is 0. The van der Waals surface area contributed by atoms with Crippen LogP contribution in [0.25, 0.3) is 11.1 Å². The standard InChI is InChI=1S/C15H15O/c1-12(2)16-15-11-7-6-10-14(15)13-8-4-3-5-9-13/h3-11H,1-2H3. The Balaban J connectivity index is 2.41. The summed E-state index contributed by atoms with van der Waals surface area (Å²) in [5.74, 6) is 0.911. The van der Waals surface area contributed by atoms with Crippen molar-refractivity contribution in [3.8, 4) is 16.9 Å². The smallest absolute Gasteiger partial charge is 0.142 e. The lowest BCUT2D eigenvalue weighted by Gasteiger charge is -2.13. The van der Waals surface area contributed by atoms with Gasteiger partial charge >= 0.3 is 0 Å². The first-order valence-corrected chi connectivity index (χ1v) is 5.40. The van der Waals surface area contributed by atoms with Crippen molar-refractivity contribution in [3.63, 3.8) is 0 Å². The molecule has 0 saturated carbocycles. The molecule has 1 radical (unpaired) electrons. The Hall–Kier alpha value is -1.76. The molecular weight excluding hydrogens is 196 g/mol. The molecule has 1 heteroatoms. The fourth-order valence-corrected chi connectivity index (χ4v) is 1.63. The maximum atomic E-state index is 5.72. The van der Waals surface area contributed by atoms with Crippen LogP contribution in [0, 0.1) is 6.10 Å². The topological polar surface area (TPSA) is 9.23 Å². The van der Waals surface area contributed by atoms with E-state index in [4.69, 9.17) is 4.74 Å². The molecule has 0 spiro atoms. The highest BCUT2D eigenvalue weighted by molar-refractivity contribution is 5.70. The Labute approximate surface area is 96.7 Å². The predicted octanol–water partition coefficient (Wildman–Crippen LogP) is 4.30. The second-order valence-electron chi connectivity index (χ2n) is 3.87. The summed E-state index contributed by atoms with van der Waals surface area (Å²) in [6, 6.07) is 18.4. The van der Waals surface area contributed by atoms with E-state index in [1.807, 2.05) is 50.2 Å². The third-order valence-corrected chi connectivity index (χ3v) is 2.29. The van der Waals surface area contributed by atoms with Crippen molar-refractivity contribution in [2.45, 2.75) is 13.8 Å². The van der Waals surface area contributed by atoms with E-state index in [1.165, 1.54) is 5.56 Å². The van der Waals surface area contributed by atoms with Crippen molar-refractivity contribution >= 4 is 0 Å². The highest BCUT2D eigenvalue weighted by atomic mass is 16.5. The van der Waals surface area contributed by atoms with Gasteiger partial charge in [0.25, 0.3) is 0 Å². The van der Waals surface area contributed by atoms with Gasteiger partial charge in [0.05, 0.1) is 0 Å². The van der Waals surface area contributed by atoms with Crippen molar-refractivity contribution in [3.05, 3.63) is 60.7 Å². The molecule has 0 bridgehead atoms. The third kappa shape index (κ3) is 2.43. The first-order chi connectivity index (χ1) is 7.77. The molecule has 0 aliphatic rings. The van der Waals surface area contributed by atoms with Crippen molar-refractivity contribution in [2.24, 2.45) is 0 Å². The maximum absolute atomic E-state index is 5.72. The van der Waals surface area contributed by atoms with Crippen LogP contribution < -0.4 is 4.74 Å². The molecule has 81 valence electrons. The summed E-state index contributed by atoms with van der Waals surface area (Å²) < 4.78 is 5.72. The van der Waals surface area contributed by atoms with Crippen LogP contribution in [0.5, 0.6) is 5.75 Å². The van der Waals surface area contributed by atoms with E-state index in [2.05, 4.69) is 18.2 Å². The molecule has 0 amide bonds. The molecule has 0 N–H and O–H groups in total. The number of hydrogen-bond donors (Lipinski definition) is 0. The monoisotopic (exact) mass is 211 g/mol. The van der Waals surface area contributed by atoms with Crippen LogP contribution in [0.4, 0.5) is 0 Å². The molecule has 0 heterocycles. The molecule has 2 rings (SSSR count). The molecule has 2 aromatic rings. The minimum absolute atomic E-state index is 0.911. The number of hydrogen-bond acceptors (Lipinski definition) is 1. The molecule has 1 nitrogen and oxygen atoms in total. The largest absolute Gasteiger partial charge is 0.483 e. The highest BCUT2D eigenvalue weighted by Gasteiger charge is 2.06. The van der Waals surface area contributed by atoms with Crippen LogP contribution in [-0.2, 0) is 0 Å². The Morgan fingerprint density at radius 1 is 0.812 bits per heavy atom. The average molecular weight is 211 g/mol. The van der Waals surface area contributed by atoms with Crippen molar-refractivity contribution in [1.29, 1.82) is 0 Å². The summed E-state index contributed by atoms with van der Waals surface area (Å²) >= 11 is 0. The molecule has 16 heavy (non-hydrogen) atoms. The average Bonchev–Trinajstić information content (AvgIpc) is 2.30. The number of ether oxygens (including phenoxy) is 1. The van der Waals surface area contributed by atoms with Gasteiger partial charge < -0.3 is 4.74 Å².